The van der Waals surface area contributed by atoms with Gasteiger partial charge in [-0.2, -0.15) is 0 Å². The van der Waals surface area contributed by atoms with E-state index in [2.05, 4.69) is 10.3 Å². The third-order valence-corrected chi connectivity index (χ3v) is 4.72. The molecule has 116 valence electrons. The Hall–Kier alpha value is -1.67. The van der Waals surface area contributed by atoms with Gasteiger partial charge in [0.25, 0.3) is 0 Å². The zero-order chi connectivity index (χ0) is 15.5. The van der Waals surface area contributed by atoms with E-state index in [4.69, 9.17) is 4.74 Å². The average molecular weight is 313 g/mol. The molecule has 1 aromatic rings. The first-order valence-electron chi connectivity index (χ1n) is 6.67. The smallest absolute Gasteiger partial charge is 0.237 e. The maximum atomic E-state index is 12.3. The van der Waals surface area contributed by atoms with Gasteiger partial charge in [-0.15, -0.1) is 0 Å². The van der Waals surface area contributed by atoms with Crippen LogP contribution in [0, 0.1) is 5.92 Å². The molecular formula is C13H19N3O4S. The van der Waals surface area contributed by atoms with Crippen molar-refractivity contribution in [2.45, 2.75) is 12.8 Å². The Morgan fingerprint density at radius 1 is 1.52 bits per heavy atom. The first-order chi connectivity index (χ1) is 9.91. The predicted octanol–water partition coefficient (Wildman–Crippen LogP) is 0.700. The standard InChI is InChI=1S/C13H19N3O4S/c1-20-13-11(6-3-7-14-13)15-12(17)10-5-4-8-16(9-10)21(2,18)19/h3,6-7,10H,4-5,8-9H2,1-2H3,(H,15,17)/t10-/m0/s1. The molecule has 2 heterocycles. The zero-order valence-electron chi connectivity index (χ0n) is 12.1. The number of sulfonamides is 1. The summed E-state index contributed by atoms with van der Waals surface area (Å²) in [5.41, 5.74) is 0.487. The highest BCUT2D eigenvalue weighted by Gasteiger charge is 2.30. The lowest BCUT2D eigenvalue weighted by Gasteiger charge is -2.30. The average Bonchev–Trinajstić information content (AvgIpc) is 2.47. The Morgan fingerprint density at radius 2 is 2.29 bits per heavy atom. The summed E-state index contributed by atoms with van der Waals surface area (Å²) in [5.74, 6) is -0.241. The normalized spacial score (nSPS) is 20.0. The molecule has 0 radical (unpaired) electrons. The second kappa shape index (κ2) is 6.40. The van der Waals surface area contributed by atoms with Crippen LogP contribution in [0.25, 0.3) is 0 Å². The summed E-state index contributed by atoms with van der Waals surface area (Å²) in [5, 5.41) is 2.76. The number of ether oxygens (including phenoxy) is 1. The number of nitrogens with zero attached hydrogens (tertiary/aromatic N) is 2. The van der Waals surface area contributed by atoms with Crippen LogP contribution in [-0.4, -0.2) is 50.1 Å². The number of nitrogens with one attached hydrogen (secondary N) is 1. The summed E-state index contributed by atoms with van der Waals surface area (Å²) in [6.45, 7) is 0.687. The predicted molar refractivity (Wildman–Crippen MR) is 78.6 cm³/mol. The molecule has 1 fully saturated rings. The van der Waals surface area contributed by atoms with Gasteiger partial charge >= 0.3 is 0 Å². The fourth-order valence-electron chi connectivity index (χ4n) is 2.34. The van der Waals surface area contributed by atoms with Gasteiger partial charge in [0, 0.05) is 19.3 Å². The molecule has 1 amide bonds. The van der Waals surface area contributed by atoms with Crippen LogP contribution in [0.4, 0.5) is 5.69 Å². The molecule has 0 bridgehead atoms. The van der Waals surface area contributed by atoms with Gasteiger partial charge in [0.05, 0.1) is 19.3 Å². The molecule has 1 aromatic heterocycles. The van der Waals surface area contributed by atoms with Crippen LogP contribution < -0.4 is 10.1 Å². The van der Waals surface area contributed by atoms with Crippen LogP contribution in [0.2, 0.25) is 0 Å². The van der Waals surface area contributed by atoms with Crippen molar-refractivity contribution in [3.63, 3.8) is 0 Å². The van der Waals surface area contributed by atoms with Gasteiger partial charge in [-0.1, -0.05) is 0 Å². The second-order valence-electron chi connectivity index (χ2n) is 5.01. The number of carbonyl (C=O) groups excluding carboxylic acids is 1. The Bertz CT molecular complexity index is 618. The molecule has 0 aromatic carbocycles. The van der Waals surface area contributed by atoms with Crippen molar-refractivity contribution in [1.29, 1.82) is 0 Å². The summed E-state index contributed by atoms with van der Waals surface area (Å²) >= 11 is 0. The van der Waals surface area contributed by atoms with E-state index in [9.17, 15) is 13.2 Å². The van der Waals surface area contributed by atoms with Crippen molar-refractivity contribution in [3.8, 4) is 5.88 Å². The lowest BCUT2D eigenvalue weighted by Crippen LogP contribution is -2.43. The van der Waals surface area contributed by atoms with Crippen molar-refractivity contribution in [2.75, 3.05) is 31.8 Å². The van der Waals surface area contributed by atoms with Gasteiger partial charge in [0.15, 0.2) is 0 Å². The van der Waals surface area contributed by atoms with Gasteiger partial charge in [-0.25, -0.2) is 17.7 Å². The third kappa shape index (κ3) is 3.92. The first-order valence-corrected chi connectivity index (χ1v) is 8.51. The summed E-state index contributed by atoms with van der Waals surface area (Å²) in [6, 6.07) is 3.39. The fraction of sp³-hybridized carbons (Fsp3) is 0.538. The topological polar surface area (TPSA) is 88.6 Å². The third-order valence-electron chi connectivity index (χ3n) is 3.45. The number of aromatic nitrogens is 1. The Labute approximate surface area is 124 Å². The quantitative estimate of drug-likeness (QED) is 0.884. The number of piperidine rings is 1. The van der Waals surface area contributed by atoms with Crippen LogP contribution in [-0.2, 0) is 14.8 Å². The van der Waals surface area contributed by atoms with Gasteiger partial charge in [0.2, 0.25) is 21.8 Å². The van der Waals surface area contributed by atoms with Crippen molar-refractivity contribution in [1.82, 2.24) is 9.29 Å². The molecule has 0 spiro atoms. The summed E-state index contributed by atoms with van der Waals surface area (Å²) in [6.07, 6.45) is 4.08. The van der Waals surface area contributed by atoms with Gasteiger partial charge in [-0.05, 0) is 25.0 Å². The first kappa shape index (κ1) is 15.7. The Morgan fingerprint density at radius 3 is 2.95 bits per heavy atom. The molecule has 1 aliphatic heterocycles. The zero-order valence-corrected chi connectivity index (χ0v) is 12.9. The van der Waals surface area contributed by atoms with Gasteiger partial charge in [-0.3, -0.25) is 4.79 Å². The van der Waals surface area contributed by atoms with Crippen molar-refractivity contribution >= 4 is 21.6 Å². The number of hydrogen-bond acceptors (Lipinski definition) is 5. The number of amides is 1. The summed E-state index contributed by atoms with van der Waals surface area (Å²) < 4.78 is 29.6. The van der Waals surface area contributed by atoms with Crippen molar-refractivity contribution in [3.05, 3.63) is 18.3 Å². The number of hydrogen-bond donors (Lipinski definition) is 1. The van der Waals surface area contributed by atoms with E-state index in [0.717, 1.165) is 6.26 Å². The minimum atomic E-state index is -3.26. The molecule has 0 unspecified atom stereocenters. The molecule has 2 rings (SSSR count). The van der Waals surface area contributed by atoms with E-state index < -0.39 is 10.0 Å². The van der Waals surface area contributed by atoms with E-state index in [1.165, 1.54) is 11.4 Å². The largest absolute Gasteiger partial charge is 0.480 e. The second-order valence-corrected chi connectivity index (χ2v) is 6.99. The number of methoxy groups -OCH3 is 1. The van der Waals surface area contributed by atoms with Crippen LogP contribution >= 0.6 is 0 Å². The molecular weight excluding hydrogens is 294 g/mol. The molecule has 1 aliphatic rings. The molecule has 8 heteroatoms. The minimum Gasteiger partial charge on any atom is -0.480 e. The molecule has 1 saturated heterocycles. The fourth-order valence-corrected chi connectivity index (χ4v) is 3.25. The number of anilines is 1. The van der Waals surface area contributed by atoms with Crippen LogP contribution in [0.5, 0.6) is 5.88 Å². The van der Waals surface area contributed by atoms with Crippen LogP contribution in [0.3, 0.4) is 0 Å². The highest BCUT2D eigenvalue weighted by atomic mass is 32.2. The van der Waals surface area contributed by atoms with E-state index in [1.54, 1.807) is 18.3 Å². The molecule has 1 N–H and O–H groups in total. The molecule has 7 nitrogen and oxygen atoms in total. The van der Waals surface area contributed by atoms with Crippen molar-refractivity contribution in [2.24, 2.45) is 5.92 Å². The van der Waals surface area contributed by atoms with Crippen molar-refractivity contribution < 1.29 is 17.9 Å². The Kier molecular flexibility index (Phi) is 4.79. The minimum absolute atomic E-state index is 0.213. The van der Waals surface area contributed by atoms with E-state index in [-0.39, 0.29) is 18.4 Å². The number of carbonyl (C=O) groups is 1. The summed E-state index contributed by atoms with van der Waals surface area (Å²) in [7, 11) is -1.79. The highest BCUT2D eigenvalue weighted by molar-refractivity contribution is 7.88. The van der Waals surface area contributed by atoms with Gasteiger partial charge < -0.3 is 10.1 Å². The highest BCUT2D eigenvalue weighted by Crippen LogP contribution is 2.24. The number of rotatable bonds is 4. The Balaban J connectivity index is 2.06. The molecule has 1 atom stereocenters. The van der Waals surface area contributed by atoms with Crippen LogP contribution in [0.1, 0.15) is 12.8 Å². The molecule has 21 heavy (non-hydrogen) atoms. The number of pyridine rings is 1. The lowest BCUT2D eigenvalue weighted by atomic mass is 9.99. The maximum Gasteiger partial charge on any atom is 0.237 e. The van der Waals surface area contributed by atoms with E-state index >= 15 is 0 Å². The molecule has 0 saturated carbocycles. The molecule has 0 aliphatic carbocycles. The van der Waals surface area contributed by atoms with E-state index in [1.807, 2.05) is 0 Å². The summed E-state index contributed by atoms with van der Waals surface area (Å²) in [4.78, 5) is 16.3. The maximum absolute atomic E-state index is 12.3. The monoisotopic (exact) mass is 313 g/mol. The SMILES string of the molecule is COc1ncccc1NC(=O)[C@H]1CCCN(S(C)(=O)=O)C1. The van der Waals surface area contributed by atoms with Gasteiger partial charge in [0.1, 0.15) is 5.69 Å². The van der Waals surface area contributed by atoms with Crippen LogP contribution in [0.15, 0.2) is 18.3 Å². The van der Waals surface area contributed by atoms with E-state index in [0.29, 0.717) is 31.0 Å². The lowest BCUT2D eigenvalue weighted by molar-refractivity contribution is -0.120.